The van der Waals surface area contributed by atoms with E-state index in [1.54, 1.807) is 24.4 Å². The SMILES string of the molecule is Cc1cccc(C)c1NC(=O)CNC(=O)/C=C/c1ccc(Oc2cccnc2)c(F)c1. The van der Waals surface area contributed by atoms with Crippen LogP contribution in [0.25, 0.3) is 6.08 Å². The summed E-state index contributed by atoms with van der Waals surface area (Å²) in [5.41, 5.74) is 3.10. The zero-order valence-corrected chi connectivity index (χ0v) is 17.2. The standard InChI is InChI=1S/C24H22FN3O3/c1-16-5-3-6-17(2)24(16)28-23(30)15-27-22(29)11-9-18-8-10-21(20(25)13-18)31-19-7-4-12-26-14-19/h3-14H,15H2,1-2H3,(H,27,29)(H,28,30)/b11-9+. The molecule has 31 heavy (non-hydrogen) atoms. The van der Waals surface area contributed by atoms with Crippen LogP contribution in [0.3, 0.4) is 0 Å². The molecular formula is C24H22FN3O3. The molecule has 7 heteroatoms. The number of rotatable bonds is 7. The number of aromatic nitrogens is 1. The Morgan fingerprint density at radius 3 is 2.55 bits per heavy atom. The molecule has 0 saturated heterocycles. The van der Waals surface area contributed by atoms with Crippen LogP contribution in [-0.2, 0) is 9.59 Å². The van der Waals surface area contributed by atoms with E-state index >= 15 is 0 Å². The first-order valence-electron chi connectivity index (χ1n) is 9.62. The van der Waals surface area contributed by atoms with Crippen molar-refractivity contribution in [2.45, 2.75) is 13.8 Å². The summed E-state index contributed by atoms with van der Waals surface area (Å²) in [5.74, 6) is -0.893. The molecule has 3 rings (SSSR count). The van der Waals surface area contributed by atoms with Gasteiger partial charge in [-0.1, -0.05) is 24.3 Å². The van der Waals surface area contributed by atoms with Crippen LogP contribution in [0.5, 0.6) is 11.5 Å². The molecule has 2 aromatic carbocycles. The minimum Gasteiger partial charge on any atom is -0.453 e. The second-order valence-corrected chi connectivity index (χ2v) is 6.85. The van der Waals surface area contributed by atoms with Gasteiger partial charge in [-0.25, -0.2) is 4.39 Å². The summed E-state index contributed by atoms with van der Waals surface area (Å²) in [4.78, 5) is 28.0. The third-order valence-corrected chi connectivity index (χ3v) is 4.41. The maximum atomic E-state index is 14.3. The average molecular weight is 419 g/mol. The monoisotopic (exact) mass is 419 g/mol. The summed E-state index contributed by atoms with van der Waals surface area (Å²) in [5, 5.41) is 5.30. The lowest BCUT2D eigenvalue weighted by Crippen LogP contribution is -2.32. The first-order chi connectivity index (χ1) is 14.9. The van der Waals surface area contributed by atoms with Crippen molar-refractivity contribution in [2.24, 2.45) is 0 Å². The van der Waals surface area contributed by atoms with Gasteiger partial charge >= 0.3 is 0 Å². The number of ether oxygens (including phenoxy) is 1. The molecule has 1 heterocycles. The fourth-order valence-corrected chi connectivity index (χ4v) is 2.83. The maximum absolute atomic E-state index is 14.3. The van der Waals surface area contributed by atoms with Gasteiger partial charge in [0.25, 0.3) is 0 Å². The van der Waals surface area contributed by atoms with Gasteiger partial charge in [-0.15, -0.1) is 0 Å². The molecule has 1 aromatic heterocycles. The fourth-order valence-electron chi connectivity index (χ4n) is 2.83. The quantitative estimate of drug-likeness (QED) is 0.557. The first kappa shape index (κ1) is 21.7. The largest absolute Gasteiger partial charge is 0.453 e. The van der Waals surface area contributed by atoms with E-state index in [0.29, 0.717) is 11.3 Å². The number of carbonyl (C=O) groups excluding carboxylic acids is 2. The summed E-state index contributed by atoms with van der Waals surface area (Å²) in [6.45, 7) is 3.62. The summed E-state index contributed by atoms with van der Waals surface area (Å²) < 4.78 is 19.7. The number of aryl methyl sites for hydroxylation is 2. The lowest BCUT2D eigenvalue weighted by Gasteiger charge is -2.11. The molecule has 0 aliphatic rings. The topological polar surface area (TPSA) is 80.3 Å². The van der Waals surface area contributed by atoms with Crippen molar-refractivity contribution in [1.29, 1.82) is 0 Å². The van der Waals surface area contributed by atoms with Crippen molar-refractivity contribution in [1.82, 2.24) is 10.3 Å². The van der Waals surface area contributed by atoms with E-state index in [1.807, 2.05) is 32.0 Å². The highest BCUT2D eigenvalue weighted by Crippen LogP contribution is 2.25. The second kappa shape index (κ2) is 10.2. The average Bonchev–Trinajstić information content (AvgIpc) is 2.76. The molecule has 0 spiro atoms. The molecule has 0 unspecified atom stereocenters. The number of carbonyl (C=O) groups is 2. The summed E-state index contributed by atoms with van der Waals surface area (Å²) in [6, 6.07) is 13.4. The van der Waals surface area contributed by atoms with Crippen LogP contribution >= 0.6 is 0 Å². The Morgan fingerprint density at radius 2 is 1.87 bits per heavy atom. The molecule has 0 aliphatic carbocycles. The number of benzene rings is 2. The molecule has 0 fully saturated rings. The third kappa shape index (κ3) is 6.24. The van der Waals surface area contributed by atoms with Gasteiger partial charge < -0.3 is 15.4 Å². The number of nitrogens with one attached hydrogen (secondary N) is 2. The van der Waals surface area contributed by atoms with E-state index in [9.17, 15) is 14.0 Å². The van der Waals surface area contributed by atoms with Gasteiger partial charge in [0, 0.05) is 18.0 Å². The van der Waals surface area contributed by atoms with Crippen LogP contribution in [0.15, 0.2) is 67.0 Å². The van der Waals surface area contributed by atoms with Crippen LogP contribution in [0, 0.1) is 19.7 Å². The number of para-hydroxylation sites is 1. The normalized spacial score (nSPS) is 10.7. The van der Waals surface area contributed by atoms with E-state index in [4.69, 9.17) is 4.74 Å². The van der Waals surface area contributed by atoms with Gasteiger partial charge in [0.2, 0.25) is 11.8 Å². The van der Waals surface area contributed by atoms with Crippen LogP contribution in [0.4, 0.5) is 10.1 Å². The van der Waals surface area contributed by atoms with E-state index in [1.165, 1.54) is 30.5 Å². The molecule has 2 amide bonds. The Hall–Kier alpha value is -4.00. The Bertz CT molecular complexity index is 1090. The molecule has 158 valence electrons. The summed E-state index contributed by atoms with van der Waals surface area (Å²) in [7, 11) is 0. The Morgan fingerprint density at radius 1 is 1.10 bits per heavy atom. The predicted octanol–water partition coefficient (Wildman–Crippen LogP) is 4.40. The minimum atomic E-state index is -0.570. The summed E-state index contributed by atoms with van der Waals surface area (Å²) in [6.07, 6.45) is 5.77. The van der Waals surface area contributed by atoms with Gasteiger partial charge in [-0.05, 0) is 60.9 Å². The van der Waals surface area contributed by atoms with E-state index in [0.717, 1.165) is 16.8 Å². The van der Waals surface area contributed by atoms with Crippen LogP contribution in [0.1, 0.15) is 16.7 Å². The van der Waals surface area contributed by atoms with Gasteiger partial charge in [0.05, 0.1) is 12.7 Å². The Kier molecular flexibility index (Phi) is 7.11. The minimum absolute atomic E-state index is 0.0535. The molecule has 0 aliphatic heterocycles. The number of hydrogen-bond donors (Lipinski definition) is 2. The predicted molar refractivity (Wildman–Crippen MR) is 117 cm³/mol. The van der Waals surface area contributed by atoms with Gasteiger partial charge in [-0.3, -0.25) is 14.6 Å². The highest BCUT2D eigenvalue weighted by molar-refractivity contribution is 5.98. The smallest absolute Gasteiger partial charge is 0.244 e. The fraction of sp³-hybridized carbons (Fsp3) is 0.125. The first-order valence-corrected chi connectivity index (χ1v) is 9.62. The lowest BCUT2D eigenvalue weighted by molar-refractivity contribution is -0.121. The highest BCUT2D eigenvalue weighted by atomic mass is 19.1. The van der Waals surface area contributed by atoms with Gasteiger partial charge in [0.15, 0.2) is 11.6 Å². The maximum Gasteiger partial charge on any atom is 0.244 e. The Labute approximate surface area is 179 Å². The Balaban J connectivity index is 1.52. The molecule has 2 N–H and O–H groups in total. The van der Waals surface area contributed by atoms with E-state index in [2.05, 4.69) is 15.6 Å². The van der Waals surface area contributed by atoms with Gasteiger partial charge in [0.1, 0.15) is 5.75 Å². The molecule has 0 atom stereocenters. The summed E-state index contributed by atoms with van der Waals surface area (Å²) >= 11 is 0. The zero-order valence-electron chi connectivity index (χ0n) is 17.2. The third-order valence-electron chi connectivity index (χ3n) is 4.41. The highest BCUT2D eigenvalue weighted by Gasteiger charge is 2.09. The molecule has 0 radical (unpaired) electrons. The van der Waals surface area contributed by atoms with Gasteiger partial charge in [-0.2, -0.15) is 0 Å². The number of anilines is 1. The van der Waals surface area contributed by atoms with Crippen molar-refractivity contribution in [3.05, 3.63) is 89.5 Å². The number of halogens is 1. The van der Waals surface area contributed by atoms with Crippen molar-refractivity contribution >= 4 is 23.6 Å². The molecular weight excluding hydrogens is 397 g/mol. The van der Waals surface area contributed by atoms with Crippen molar-refractivity contribution in [3.63, 3.8) is 0 Å². The van der Waals surface area contributed by atoms with Crippen LogP contribution < -0.4 is 15.4 Å². The molecule has 3 aromatic rings. The lowest BCUT2D eigenvalue weighted by atomic mass is 10.1. The van der Waals surface area contributed by atoms with Crippen molar-refractivity contribution in [2.75, 3.05) is 11.9 Å². The number of hydrogen-bond acceptors (Lipinski definition) is 4. The number of nitrogens with zero attached hydrogens (tertiary/aromatic N) is 1. The molecule has 6 nitrogen and oxygen atoms in total. The number of pyridine rings is 1. The molecule has 0 saturated carbocycles. The van der Waals surface area contributed by atoms with E-state index < -0.39 is 11.7 Å². The van der Waals surface area contributed by atoms with Crippen molar-refractivity contribution in [3.8, 4) is 11.5 Å². The van der Waals surface area contributed by atoms with E-state index in [-0.39, 0.29) is 18.2 Å². The molecule has 0 bridgehead atoms. The second-order valence-electron chi connectivity index (χ2n) is 6.85. The number of amides is 2. The van der Waals surface area contributed by atoms with Crippen LogP contribution in [-0.4, -0.2) is 23.3 Å². The van der Waals surface area contributed by atoms with Crippen LogP contribution in [0.2, 0.25) is 0 Å². The zero-order chi connectivity index (χ0) is 22.2. The van der Waals surface area contributed by atoms with Crippen molar-refractivity contribution < 1.29 is 18.7 Å².